The van der Waals surface area contributed by atoms with Crippen LogP contribution in [0.1, 0.15) is 18.9 Å². The first-order chi connectivity index (χ1) is 17.3. The van der Waals surface area contributed by atoms with Gasteiger partial charge in [-0.2, -0.15) is 10.1 Å². The van der Waals surface area contributed by atoms with Gasteiger partial charge in [-0.3, -0.25) is 4.68 Å². The summed E-state index contributed by atoms with van der Waals surface area (Å²) in [6.07, 6.45) is 4.57. The Hall–Kier alpha value is -3.29. The highest BCUT2D eigenvalue weighted by molar-refractivity contribution is 7.88. The number of rotatable bonds is 5. The molecule has 3 aromatic rings. The predicted octanol–water partition coefficient (Wildman–Crippen LogP) is 1.68. The van der Waals surface area contributed by atoms with Crippen molar-refractivity contribution in [3.05, 3.63) is 30.5 Å². The summed E-state index contributed by atoms with van der Waals surface area (Å²) in [4.78, 5) is 23.4. The maximum atomic E-state index is 11.9. The van der Waals surface area contributed by atoms with E-state index in [4.69, 9.17) is 19.8 Å². The number of aromatic nitrogens is 4. The molecule has 0 radical (unpaired) electrons. The highest BCUT2D eigenvalue weighted by atomic mass is 32.2. The van der Waals surface area contributed by atoms with Crippen molar-refractivity contribution in [3.63, 3.8) is 0 Å². The number of carbonyl (C=O) groups is 1. The lowest BCUT2D eigenvalue weighted by molar-refractivity contribution is 0.122. The Bertz CT molecular complexity index is 1340. The van der Waals surface area contributed by atoms with Crippen LogP contribution in [0.15, 0.2) is 30.5 Å². The van der Waals surface area contributed by atoms with E-state index in [1.807, 2.05) is 35.1 Å². The SMILES string of the molecule is CNC(=O)Nc1ccc(-c2nc(N3CCOCC3)nc3nn(C4CCN(S(C)(=O)=O)CC4)cc23)cc1. The van der Waals surface area contributed by atoms with Crippen LogP contribution >= 0.6 is 0 Å². The van der Waals surface area contributed by atoms with E-state index >= 15 is 0 Å². The van der Waals surface area contributed by atoms with Gasteiger partial charge in [0.25, 0.3) is 0 Å². The largest absolute Gasteiger partial charge is 0.378 e. The molecular formula is C23H30N8O4S. The number of nitrogens with one attached hydrogen (secondary N) is 2. The third-order valence-electron chi connectivity index (χ3n) is 6.59. The number of carbonyl (C=O) groups excluding carboxylic acids is 1. The third kappa shape index (κ3) is 5.13. The number of morpholine rings is 1. The van der Waals surface area contributed by atoms with Gasteiger partial charge in [-0.1, -0.05) is 12.1 Å². The van der Waals surface area contributed by atoms with Gasteiger partial charge < -0.3 is 20.3 Å². The van der Waals surface area contributed by atoms with Crippen LogP contribution in [0, 0.1) is 0 Å². The highest BCUT2D eigenvalue weighted by Gasteiger charge is 2.27. The smallest absolute Gasteiger partial charge is 0.318 e. The van der Waals surface area contributed by atoms with Gasteiger partial charge in [0.1, 0.15) is 0 Å². The van der Waals surface area contributed by atoms with Crippen LogP contribution in [0.2, 0.25) is 0 Å². The summed E-state index contributed by atoms with van der Waals surface area (Å²) in [6, 6.07) is 7.29. The first-order valence-electron chi connectivity index (χ1n) is 12.0. The van der Waals surface area contributed by atoms with E-state index in [0.717, 1.165) is 16.6 Å². The lowest BCUT2D eigenvalue weighted by Crippen LogP contribution is -2.38. The minimum atomic E-state index is -3.19. The normalized spacial score (nSPS) is 17.9. The van der Waals surface area contributed by atoms with Gasteiger partial charge in [0, 0.05) is 50.7 Å². The number of piperidine rings is 1. The summed E-state index contributed by atoms with van der Waals surface area (Å²) in [5.41, 5.74) is 2.91. The van der Waals surface area contributed by atoms with Crippen molar-refractivity contribution in [3.8, 4) is 11.3 Å². The van der Waals surface area contributed by atoms with Crippen LogP contribution < -0.4 is 15.5 Å². The van der Waals surface area contributed by atoms with E-state index in [2.05, 4.69) is 15.5 Å². The van der Waals surface area contributed by atoms with Gasteiger partial charge in [-0.15, -0.1) is 0 Å². The molecule has 2 saturated heterocycles. The van der Waals surface area contributed by atoms with Gasteiger partial charge in [-0.05, 0) is 25.0 Å². The maximum absolute atomic E-state index is 11.9. The molecule has 2 aromatic heterocycles. The Morgan fingerprint density at radius 1 is 1.06 bits per heavy atom. The fourth-order valence-corrected chi connectivity index (χ4v) is 5.44. The molecule has 0 unspecified atom stereocenters. The number of benzene rings is 1. The summed E-state index contributed by atoms with van der Waals surface area (Å²) < 4.78 is 32.7. The number of hydrogen-bond donors (Lipinski definition) is 2. The molecule has 0 bridgehead atoms. The lowest BCUT2D eigenvalue weighted by Gasteiger charge is -2.30. The molecule has 0 spiro atoms. The first kappa shape index (κ1) is 24.4. The Kier molecular flexibility index (Phi) is 6.77. The van der Waals surface area contributed by atoms with E-state index in [0.29, 0.717) is 69.5 Å². The van der Waals surface area contributed by atoms with Crippen molar-refractivity contribution in [1.82, 2.24) is 29.4 Å². The number of urea groups is 1. The average molecular weight is 515 g/mol. The van der Waals surface area contributed by atoms with Gasteiger partial charge >= 0.3 is 6.03 Å². The molecule has 4 heterocycles. The molecule has 192 valence electrons. The van der Waals surface area contributed by atoms with E-state index in [1.165, 1.54) is 10.6 Å². The van der Waals surface area contributed by atoms with Gasteiger partial charge in [0.05, 0.1) is 36.6 Å². The molecule has 0 atom stereocenters. The predicted molar refractivity (Wildman–Crippen MR) is 137 cm³/mol. The van der Waals surface area contributed by atoms with Crippen molar-refractivity contribution in [1.29, 1.82) is 0 Å². The van der Waals surface area contributed by atoms with Crippen LogP contribution in [-0.2, 0) is 14.8 Å². The van der Waals surface area contributed by atoms with Crippen molar-refractivity contribution in [2.75, 3.05) is 62.9 Å². The first-order valence-corrected chi connectivity index (χ1v) is 13.8. The summed E-state index contributed by atoms with van der Waals surface area (Å²) in [7, 11) is -1.63. The zero-order valence-corrected chi connectivity index (χ0v) is 21.2. The summed E-state index contributed by atoms with van der Waals surface area (Å²) >= 11 is 0. The number of anilines is 2. The lowest BCUT2D eigenvalue weighted by atomic mass is 10.1. The van der Waals surface area contributed by atoms with E-state index in [1.54, 1.807) is 7.05 Å². The zero-order valence-electron chi connectivity index (χ0n) is 20.3. The molecule has 1 aromatic carbocycles. The molecular weight excluding hydrogens is 484 g/mol. The minimum absolute atomic E-state index is 0.0796. The summed E-state index contributed by atoms with van der Waals surface area (Å²) in [5, 5.41) is 10.9. The summed E-state index contributed by atoms with van der Waals surface area (Å²) in [6.45, 7) is 3.57. The number of sulfonamides is 1. The Labute approximate surface area is 209 Å². The topological polar surface area (TPSA) is 135 Å². The minimum Gasteiger partial charge on any atom is -0.378 e. The zero-order chi connectivity index (χ0) is 25.3. The second kappa shape index (κ2) is 9.99. The molecule has 36 heavy (non-hydrogen) atoms. The fourth-order valence-electron chi connectivity index (χ4n) is 4.57. The van der Waals surface area contributed by atoms with E-state index in [-0.39, 0.29) is 12.1 Å². The van der Waals surface area contributed by atoms with Crippen LogP contribution in [0.4, 0.5) is 16.4 Å². The molecule has 2 aliphatic rings. The second-order valence-corrected chi connectivity index (χ2v) is 11.0. The van der Waals surface area contributed by atoms with Crippen LogP contribution in [0.5, 0.6) is 0 Å². The Morgan fingerprint density at radius 3 is 2.39 bits per heavy atom. The third-order valence-corrected chi connectivity index (χ3v) is 7.89. The van der Waals surface area contributed by atoms with E-state index < -0.39 is 10.0 Å². The molecule has 2 fully saturated rings. The molecule has 12 nitrogen and oxygen atoms in total. The maximum Gasteiger partial charge on any atom is 0.318 e. The number of ether oxygens (including phenoxy) is 1. The quantitative estimate of drug-likeness (QED) is 0.525. The second-order valence-electron chi connectivity index (χ2n) is 8.99. The number of hydrogen-bond acceptors (Lipinski definition) is 8. The Morgan fingerprint density at radius 2 is 1.75 bits per heavy atom. The fraction of sp³-hybridized carbons (Fsp3) is 0.478. The van der Waals surface area contributed by atoms with Gasteiger partial charge in [0.15, 0.2) is 5.65 Å². The van der Waals surface area contributed by atoms with Gasteiger partial charge in [0.2, 0.25) is 16.0 Å². The molecule has 0 saturated carbocycles. The van der Waals surface area contributed by atoms with Gasteiger partial charge in [-0.25, -0.2) is 22.5 Å². The highest BCUT2D eigenvalue weighted by Crippen LogP contribution is 2.31. The molecule has 5 rings (SSSR count). The number of nitrogens with zero attached hydrogens (tertiary/aromatic N) is 6. The monoisotopic (exact) mass is 514 g/mol. The van der Waals surface area contributed by atoms with Crippen LogP contribution in [-0.4, -0.2) is 91.2 Å². The number of amides is 2. The molecule has 2 aliphatic heterocycles. The summed E-state index contributed by atoms with van der Waals surface area (Å²) in [5.74, 6) is 0.602. The van der Waals surface area contributed by atoms with Crippen molar-refractivity contribution >= 4 is 38.7 Å². The standard InChI is InChI=1S/C23H30N8O4S/c1-24-23(32)25-17-5-3-16(4-6-17)20-19-15-31(18-7-9-30(10-8-18)36(2,33)34)28-21(19)27-22(26-20)29-11-13-35-14-12-29/h3-6,15,18H,7-14H2,1-2H3,(H2,24,25,32). The van der Waals surface area contributed by atoms with Crippen molar-refractivity contribution < 1.29 is 17.9 Å². The Balaban J connectivity index is 1.50. The molecule has 2 amide bonds. The number of fused-ring (bicyclic) bond motifs is 1. The van der Waals surface area contributed by atoms with E-state index in [9.17, 15) is 13.2 Å². The average Bonchev–Trinajstić information content (AvgIpc) is 3.33. The van der Waals surface area contributed by atoms with Crippen molar-refractivity contribution in [2.45, 2.75) is 18.9 Å². The van der Waals surface area contributed by atoms with Crippen molar-refractivity contribution in [2.24, 2.45) is 0 Å². The van der Waals surface area contributed by atoms with Crippen LogP contribution in [0.25, 0.3) is 22.3 Å². The molecule has 0 aliphatic carbocycles. The molecule has 2 N–H and O–H groups in total. The molecule has 13 heteroatoms. The van der Waals surface area contributed by atoms with Crippen LogP contribution in [0.3, 0.4) is 0 Å².